The third-order valence-corrected chi connectivity index (χ3v) is 10.1. The maximum atomic E-state index is 12.4. The number of esters is 2. The molecule has 0 aliphatic heterocycles. The first kappa shape index (κ1) is 49.5. The molecule has 0 aromatic carbocycles. The van der Waals surface area contributed by atoms with E-state index in [1.165, 1.54) is 116 Å². The Morgan fingerprint density at radius 3 is 1.12 bits per heavy atom. The summed E-state index contributed by atoms with van der Waals surface area (Å²) in [5.74, 6) is -2.89. The quantitative estimate of drug-likeness (QED) is 0.0310. The Balaban J connectivity index is 4.36. The number of carbonyl (C=O) groups excluding carboxylic acids is 2. The lowest BCUT2D eigenvalue weighted by atomic mass is 10.0. The average Bonchev–Trinajstić information content (AvgIpc) is 3.10. The lowest BCUT2D eigenvalue weighted by molar-refractivity contribution is -0.149. The molecule has 0 saturated carbocycles. The Hall–Kier alpha value is -1.52. The molecule has 4 N–H and O–H groups in total. The Bertz CT molecular complexity index is 844. The Kier molecular flexibility index (Phi) is 34.4. The van der Waals surface area contributed by atoms with Crippen LogP contribution in [-0.4, -0.2) is 60.4 Å². The maximum absolute atomic E-state index is 12.4. The van der Waals surface area contributed by atoms with Gasteiger partial charge in [-0.15, -0.1) is 0 Å². The molecular formula is C39H76NO10P. The molecule has 2 unspecified atom stereocenters. The number of hydrogen-bond donors (Lipinski definition) is 3. The number of carboxylic acid groups (broad SMARTS) is 1. The molecule has 0 aromatic heterocycles. The average molecular weight is 750 g/mol. The van der Waals surface area contributed by atoms with Crippen molar-refractivity contribution in [2.75, 3.05) is 26.4 Å². The molecule has 0 aliphatic rings. The van der Waals surface area contributed by atoms with Crippen molar-refractivity contribution in [3.63, 3.8) is 0 Å². The van der Waals surface area contributed by atoms with E-state index in [1.807, 2.05) is 0 Å². The highest BCUT2D eigenvalue weighted by Gasteiger charge is 2.27. The van der Waals surface area contributed by atoms with Gasteiger partial charge < -0.3 is 25.2 Å². The zero-order chi connectivity index (χ0) is 37.8. The van der Waals surface area contributed by atoms with E-state index < -0.39 is 50.9 Å². The summed E-state index contributed by atoms with van der Waals surface area (Å²) in [6, 6.07) is -1.50. The van der Waals surface area contributed by atoms with Gasteiger partial charge in [0.1, 0.15) is 6.04 Å². The van der Waals surface area contributed by atoms with E-state index in [4.69, 9.17) is 24.8 Å². The van der Waals surface area contributed by atoms with Crippen molar-refractivity contribution in [3.8, 4) is 0 Å². The molecule has 0 amide bonds. The zero-order valence-electron chi connectivity index (χ0n) is 32.5. The monoisotopic (exact) mass is 750 g/mol. The van der Waals surface area contributed by atoms with Gasteiger partial charge in [0.05, 0.1) is 32.3 Å². The fraction of sp³-hybridized carbons (Fsp3) is 0.923. The van der Waals surface area contributed by atoms with Crippen LogP contribution in [0, 0.1) is 5.92 Å². The lowest BCUT2D eigenvalue weighted by Crippen LogP contribution is -2.34. The highest BCUT2D eigenvalue weighted by atomic mass is 31.2. The molecule has 0 saturated heterocycles. The number of phosphoric ester groups is 1. The molecular weight excluding hydrogens is 673 g/mol. The van der Waals surface area contributed by atoms with Crippen molar-refractivity contribution in [2.45, 2.75) is 200 Å². The van der Waals surface area contributed by atoms with Gasteiger partial charge in [0.15, 0.2) is 0 Å². The van der Waals surface area contributed by atoms with Crippen LogP contribution in [0.2, 0.25) is 0 Å². The standard InChI is InChI=1S/C39H76NO10P/c1-3-5-7-9-11-13-15-17-19-21-23-25-27-29-37(41)47-31-35(33-49-51(45,46)50-34-36(40)39(43)44)32-48-38(42)30-28-26-24-22-20-18-16-14-12-10-8-6-4-2/h35-36H,3-34,40H2,1-2H3,(H,43,44)(H,45,46). The number of hydrogen-bond acceptors (Lipinski definition) is 9. The molecule has 11 nitrogen and oxygen atoms in total. The summed E-state index contributed by atoms with van der Waals surface area (Å²) >= 11 is 0. The number of carboxylic acids is 1. The van der Waals surface area contributed by atoms with E-state index in [9.17, 15) is 23.8 Å². The Morgan fingerprint density at radius 2 is 0.804 bits per heavy atom. The predicted octanol–water partition coefficient (Wildman–Crippen LogP) is 10.2. The van der Waals surface area contributed by atoms with Crippen molar-refractivity contribution in [3.05, 3.63) is 0 Å². The molecule has 0 spiro atoms. The zero-order valence-corrected chi connectivity index (χ0v) is 33.4. The molecule has 51 heavy (non-hydrogen) atoms. The molecule has 0 bridgehead atoms. The van der Waals surface area contributed by atoms with E-state index in [-0.39, 0.29) is 26.1 Å². The predicted molar refractivity (Wildman–Crippen MR) is 203 cm³/mol. The van der Waals surface area contributed by atoms with Crippen LogP contribution in [0.5, 0.6) is 0 Å². The third kappa shape index (κ3) is 35.3. The van der Waals surface area contributed by atoms with Gasteiger partial charge in [-0.1, -0.05) is 168 Å². The maximum Gasteiger partial charge on any atom is 0.472 e. The number of unbranched alkanes of at least 4 members (excludes halogenated alkanes) is 24. The van der Waals surface area contributed by atoms with Crippen molar-refractivity contribution in [2.24, 2.45) is 11.7 Å². The van der Waals surface area contributed by atoms with Crippen molar-refractivity contribution >= 4 is 25.7 Å². The van der Waals surface area contributed by atoms with E-state index in [0.717, 1.165) is 51.4 Å². The smallest absolute Gasteiger partial charge is 0.472 e. The molecule has 2 atom stereocenters. The summed E-state index contributed by atoms with van der Waals surface area (Å²) in [6.45, 7) is 3.00. The molecule has 0 rings (SSSR count). The fourth-order valence-electron chi connectivity index (χ4n) is 5.77. The topological polar surface area (TPSA) is 172 Å². The molecule has 12 heteroatoms. The number of rotatable bonds is 39. The summed E-state index contributed by atoms with van der Waals surface area (Å²) in [5.41, 5.74) is 5.33. The largest absolute Gasteiger partial charge is 0.480 e. The van der Waals surface area contributed by atoms with E-state index >= 15 is 0 Å². The van der Waals surface area contributed by atoms with Crippen LogP contribution in [-0.2, 0) is 37.5 Å². The molecule has 302 valence electrons. The fourth-order valence-corrected chi connectivity index (χ4v) is 6.59. The van der Waals surface area contributed by atoms with Gasteiger partial charge in [-0.3, -0.25) is 23.4 Å². The summed E-state index contributed by atoms with van der Waals surface area (Å²) in [5, 5.41) is 8.87. The second-order valence-electron chi connectivity index (χ2n) is 14.2. The first-order valence-corrected chi connectivity index (χ1v) is 22.0. The number of carbonyl (C=O) groups is 3. The molecule has 0 aromatic rings. The van der Waals surface area contributed by atoms with Gasteiger partial charge in [0.2, 0.25) is 0 Å². The molecule has 0 radical (unpaired) electrons. The van der Waals surface area contributed by atoms with E-state index in [1.54, 1.807) is 0 Å². The molecule has 0 heterocycles. The van der Waals surface area contributed by atoms with Crippen LogP contribution in [0.25, 0.3) is 0 Å². The highest BCUT2D eigenvalue weighted by Crippen LogP contribution is 2.43. The number of phosphoric acid groups is 1. The van der Waals surface area contributed by atoms with Gasteiger partial charge in [-0.2, -0.15) is 0 Å². The Morgan fingerprint density at radius 1 is 0.510 bits per heavy atom. The SMILES string of the molecule is CCCCCCCCCCCCCCCC(=O)OCC(COC(=O)CCCCCCCCCCCCCCC)COP(=O)(O)OCC(N)C(=O)O. The van der Waals surface area contributed by atoms with Crippen LogP contribution in [0.1, 0.15) is 194 Å². The van der Waals surface area contributed by atoms with E-state index in [0.29, 0.717) is 0 Å². The minimum absolute atomic E-state index is 0.169. The van der Waals surface area contributed by atoms with Crippen molar-refractivity contribution < 1.29 is 47.5 Å². The summed E-state index contributed by atoms with van der Waals surface area (Å²) in [4.78, 5) is 45.7. The Labute approximate surface area is 310 Å². The van der Waals surface area contributed by atoms with Crippen LogP contribution < -0.4 is 5.73 Å². The minimum atomic E-state index is -4.65. The van der Waals surface area contributed by atoms with Gasteiger partial charge in [-0.25, -0.2) is 4.57 Å². The van der Waals surface area contributed by atoms with Gasteiger partial charge in [0, 0.05) is 12.8 Å². The number of ether oxygens (including phenoxy) is 2. The van der Waals surface area contributed by atoms with Crippen LogP contribution in [0.15, 0.2) is 0 Å². The highest BCUT2D eigenvalue weighted by molar-refractivity contribution is 7.47. The van der Waals surface area contributed by atoms with Gasteiger partial charge in [-0.05, 0) is 12.8 Å². The molecule has 0 fully saturated rings. The van der Waals surface area contributed by atoms with Crippen molar-refractivity contribution in [1.82, 2.24) is 0 Å². The summed E-state index contributed by atoms with van der Waals surface area (Å²) < 4.78 is 32.8. The van der Waals surface area contributed by atoms with Gasteiger partial charge >= 0.3 is 25.7 Å². The number of nitrogens with two attached hydrogens (primary N) is 1. The first-order chi connectivity index (χ1) is 24.6. The van der Waals surface area contributed by atoms with Crippen molar-refractivity contribution in [1.29, 1.82) is 0 Å². The lowest BCUT2D eigenvalue weighted by Gasteiger charge is -2.19. The second-order valence-corrected chi connectivity index (χ2v) is 15.7. The van der Waals surface area contributed by atoms with Crippen LogP contribution in [0.4, 0.5) is 0 Å². The second kappa shape index (κ2) is 35.5. The van der Waals surface area contributed by atoms with Gasteiger partial charge in [0.25, 0.3) is 0 Å². The van der Waals surface area contributed by atoms with E-state index in [2.05, 4.69) is 18.4 Å². The van der Waals surface area contributed by atoms with Crippen LogP contribution in [0.3, 0.4) is 0 Å². The summed E-state index contributed by atoms with van der Waals surface area (Å²) in [7, 11) is -4.65. The number of aliphatic carboxylic acids is 1. The normalized spacial score (nSPS) is 13.3. The minimum Gasteiger partial charge on any atom is -0.480 e. The van der Waals surface area contributed by atoms with Crippen LogP contribution >= 0.6 is 7.82 Å². The molecule has 0 aliphatic carbocycles. The first-order valence-electron chi connectivity index (χ1n) is 20.5. The summed E-state index contributed by atoms with van der Waals surface area (Å²) in [6.07, 6.45) is 31.9. The third-order valence-electron chi connectivity index (χ3n) is 9.14.